The number of thioether (sulfide) groups is 1. The Morgan fingerprint density at radius 3 is 2.73 bits per heavy atom. The molecule has 1 aromatic heterocycles. The van der Waals surface area contributed by atoms with Crippen molar-refractivity contribution in [2.24, 2.45) is 0 Å². The van der Waals surface area contributed by atoms with Gasteiger partial charge in [0.1, 0.15) is 0 Å². The van der Waals surface area contributed by atoms with E-state index in [0.29, 0.717) is 17.4 Å². The predicted octanol–water partition coefficient (Wildman–Crippen LogP) is 3.92. The summed E-state index contributed by atoms with van der Waals surface area (Å²) in [4.78, 5) is 28.6. The Morgan fingerprint density at radius 2 is 1.96 bits per heavy atom. The molecule has 0 saturated heterocycles. The topological polar surface area (TPSA) is 71.1 Å². The lowest BCUT2D eigenvalue weighted by atomic mass is 10.2. The summed E-state index contributed by atoms with van der Waals surface area (Å²) >= 11 is 2.98. The molecule has 0 spiro atoms. The Bertz CT molecular complexity index is 952. The van der Waals surface area contributed by atoms with Crippen LogP contribution in [0.4, 0.5) is 5.69 Å². The van der Waals surface area contributed by atoms with Crippen molar-refractivity contribution in [3.63, 3.8) is 0 Å². The number of nitrogens with zero attached hydrogens (tertiary/aromatic N) is 1. The lowest BCUT2D eigenvalue weighted by Crippen LogP contribution is -2.26. The molecule has 2 amide bonds. The van der Waals surface area contributed by atoms with E-state index < -0.39 is 0 Å². The molecule has 2 aromatic carbocycles. The van der Waals surface area contributed by atoms with Crippen LogP contribution < -0.4 is 10.6 Å². The van der Waals surface area contributed by atoms with Crippen LogP contribution >= 0.6 is 23.1 Å². The van der Waals surface area contributed by atoms with Crippen LogP contribution in [0.3, 0.4) is 0 Å². The summed E-state index contributed by atoms with van der Waals surface area (Å²) in [6.45, 7) is 0. The van der Waals surface area contributed by atoms with Gasteiger partial charge in [-0.15, -0.1) is 11.3 Å². The average Bonchev–Trinajstić information content (AvgIpc) is 3.37. The summed E-state index contributed by atoms with van der Waals surface area (Å²) in [5.74, 6) is 0.307. The standard InChI is InChI=1S/C19H17N3O2S2/c23-17(20-13-6-7-13)11-25-19-22-15-9-8-14(10-16(15)26-19)21-18(24)12-4-2-1-3-5-12/h1-5,8-10,13H,6-7,11H2,(H,20,23)(H,21,24). The molecule has 1 saturated carbocycles. The number of rotatable bonds is 6. The van der Waals surface area contributed by atoms with Gasteiger partial charge >= 0.3 is 0 Å². The highest BCUT2D eigenvalue weighted by Crippen LogP contribution is 2.31. The average molecular weight is 383 g/mol. The fourth-order valence-electron chi connectivity index (χ4n) is 2.46. The summed E-state index contributed by atoms with van der Waals surface area (Å²) in [5.41, 5.74) is 2.23. The summed E-state index contributed by atoms with van der Waals surface area (Å²) in [5, 5.41) is 5.88. The van der Waals surface area contributed by atoms with Crippen LogP contribution in [0.1, 0.15) is 23.2 Å². The van der Waals surface area contributed by atoms with Crippen molar-refractivity contribution in [3.05, 3.63) is 54.1 Å². The molecule has 1 aliphatic carbocycles. The van der Waals surface area contributed by atoms with Gasteiger partial charge in [0.15, 0.2) is 4.34 Å². The largest absolute Gasteiger partial charge is 0.353 e. The molecule has 0 radical (unpaired) electrons. The van der Waals surface area contributed by atoms with Gasteiger partial charge in [0.25, 0.3) is 5.91 Å². The molecule has 1 fully saturated rings. The number of fused-ring (bicyclic) bond motifs is 1. The number of aromatic nitrogens is 1. The summed E-state index contributed by atoms with van der Waals surface area (Å²) in [7, 11) is 0. The highest BCUT2D eigenvalue weighted by atomic mass is 32.2. The molecule has 1 aliphatic rings. The highest BCUT2D eigenvalue weighted by molar-refractivity contribution is 8.01. The number of anilines is 1. The number of carbonyl (C=O) groups is 2. The molecule has 1 heterocycles. The third-order valence-corrected chi connectivity index (χ3v) is 6.09. The van der Waals surface area contributed by atoms with E-state index in [4.69, 9.17) is 0 Å². The SMILES string of the molecule is O=C(CSc1nc2ccc(NC(=O)c3ccccc3)cc2s1)NC1CC1. The zero-order valence-corrected chi connectivity index (χ0v) is 15.5. The molecule has 0 aliphatic heterocycles. The van der Waals surface area contributed by atoms with Gasteiger partial charge < -0.3 is 10.6 Å². The van der Waals surface area contributed by atoms with E-state index in [9.17, 15) is 9.59 Å². The molecule has 0 unspecified atom stereocenters. The smallest absolute Gasteiger partial charge is 0.255 e. The number of thiazole rings is 1. The van der Waals surface area contributed by atoms with Crippen molar-refractivity contribution in [1.29, 1.82) is 0 Å². The van der Waals surface area contributed by atoms with E-state index in [1.807, 2.05) is 36.4 Å². The van der Waals surface area contributed by atoms with Crippen molar-refractivity contribution >= 4 is 50.8 Å². The van der Waals surface area contributed by atoms with Crippen molar-refractivity contribution in [3.8, 4) is 0 Å². The van der Waals surface area contributed by atoms with Crippen molar-refractivity contribution < 1.29 is 9.59 Å². The molecule has 0 atom stereocenters. The quantitative estimate of drug-likeness (QED) is 0.633. The summed E-state index contributed by atoms with van der Waals surface area (Å²) in [6, 6.07) is 15.2. The minimum atomic E-state index is -0.138. The van der Waals surface area contributed by atoms with Gasteiger partial charge in [0.2, 0.25) is 5.91 Å². The van der Waals surface area contributed by atoms with Gasteiger partial charge in [-0.1, -0.05) is 30.0 Å². The van der Waals surface area contributed by atoms with Crippen LogP contribution in [0.2, 0.25) is 0 Å². The Morgan fingerprint density at radius 1 is 1.15 bits per heavy atom. The van der Waals surface area contributed by atoms with Crippen molar-refractivity contribution in [2.75, 3.05) is 11.1 Å². The maximum Gasteiger partial charge on any atom is 0.255 e. The Kier molecular flexibility index (Phi) is 4.90. The van der Waals surface area contributed by atoms with Gasteiger partial charge in [-0.25, -0.2) is 4.98 Å². The minimum Gasteiger partial charge on any atom is -0.353 e. The van der Waals surface area contributed by atoms with Gasteiger partial charge in [-0.2, -0.15) is 0 Å². The fraction of sp³-hybridized carbons (Fsp3) is 0.211. The van der Waals surface area contributed by atoms with E-state index in [2.05, 4.69) is 15.6 Å². The van der Waals surface area contributed by atoms with Gasteiger partial charge in [0.05, 0.1) is 16.0 Å². The zero-order valence-electron chi connectivity index (χ0n) is 13.9. The molecule has 0 bridgehead atoms. The monoisotopic (exact) mass is 383 g/mol. The second kappa shape index (κ2) is 7.47. The first-order chi connectivity index (χ1) is 12.7. The highest BCUT2D eigenvalue weighted by Gasteiger charge is 2.23. The number of carbonyl (C=O) groups excluding carboxylic acids is 2. The third-order valence-electron chi connectivity index (χ3n) is 3.93. The fourth-order valence-corrected chi connectivity index (χ4v) is 4.38. The van der Waals surface area contributed by atoms with E-state index in [-0.39, 0.29) is 11.8 Å². The Balaban J connectivity index is 1.42. The van der Waals surface area contributed by atoms with E-state index in [1.165, 1.54) is 23.1 Å². The van der Waals surface area contributed by atoms with Crippen LogP contribution in [0.25, 0.3) is 10.2 Å². The third kappa shape index (κ3) is 4.23. The molecule has 5 nitrogen and oxygen atoms in total. The summed E-state index contributed by atoms with van der Waals surface area (Å²) < 4.78 is 1.85. The minimum absolute atomic E-state index is 0.0626. The van der Waals surface area contributed by atoms with E-state index in [0.717, 1.165) is 33.1 Å². The van der Waals surface area contributed by atoms with Crippen molar-refractivity contribution in [2.45, 2.75) is 23.2 Å². The first-order valence-electron chi connectivity index (χ1n) is 8.36. The lowest BCUT2D eigenvalue weighted by Gasteiger charge is -2.04. The molecule has 2 N–H and O–H groups in total. The number of hydrogen-bond donors (Lipinski definition) is 2. The predicted molar refractivity (Wildman–Crippen MR) is 106 cm³/mol. The first kappa shape index (κ1) is 17.1. The molecular formula is C19H17N3O2S2. The lowest BCUT2D eigenvalue weighted by molar-refractivity contribution is -0.118. The Labute approximate surface area is 159 Å². The number of hydrogen-bond acceptors (Lipinski definition) is 5. The maximum absolute atomic E-state index is 12.3. The van der Waals surface area contributed by atoms with Crippen LogP contribution in [0.5, 0.6) is 0 Å². The van der Waals surface area contributed by atoms with Gasteiger partial charge in [-0.3, -0.25) is 9.59 Å². The molecule has 3 aromatic rings. The molecule has 4 rings (SSSR count). The molecule has 26 heavy (non-hydrogen) atoms. The second-order valence-electron chi connectivity index (χ2n) is 6.11. The number of nitrogens with one attached hydrogen (secondary N) is 2. The van der Waals surface area contributed by atoms with Crippen molar-refractivity contribution in [1.82, 2.24) is 10.3 Å². The van der Waals surface area contributed by atoms with E-state index >= 15 is 0 Å². The van der Waals surface area contributed by atoms with Gasteiger partial charge in [-0.05, 0) is 43.2 Å². The van der Waals surface area contributed by atoms with Crippen LogP contribution in [-0.2, 0) is 4.79 Å². The van der Waals surface area contributed by atoms with E-state index in [1.54, 1.807) is 12.1 Å². The maximum atomic E-state index is 12.3. The van der Waals surface area contributed by atoms with Crippen LogP contribution in [0.15, 0.2) is 52.9 Å². The normalized spacial score (nSPS) is 13.5. The summed E-state index contributed by atoms with van der Waals surface area (Å²) in [6.07, 6.45) is 2.18. The molecule has 132 valence electrons. The van der Waals surface area contributed by atoms with Gasteiger partial charge in [0, 0.05) is 17.3 Å². The first-order valence-corrected chi connectivity index (χ1v) is 10.2. The number of benzene rings is 2. The van der Waals surface area contributed by atoms with Crippen LogP contribution in [-0.4, -0.2) is 28.6 Å². The Hall–Kier alpha value is -2.38. The second-order valence-corrected chi connectivity index (χ2v) is 8.37. The van der Waals surface area contributed by atoms with Crippen LogP contribution in [0, 0.1) is 0 Å². The number of amides is 2. The molecular weight excluding hydrogens is 366 g/mol. The zero-order chi connectivity index (χ0) is 17.9. The molecule has 7 heteroatoms.